The topological polar surface area (TPSA) is 59.1 Å². The highest BCUT2D eigenvalue weighted by Gasteiger charge is 2.07. The molecule has 3 aromatic rings. The van der Waals surface area contributed by atoms with Gasteiger partial charge in [0.2, 0.25) is 5.95 Å². The van der Waals surface area contributed by atoms with Gasteiger partial charge in [-0.25, -0.2) is 4.98 Å². The number of aryl methyl sites for hydroxylation is 1. The number of ether oxygens (including phenoxy) is 1. The van der Waals surface area contributed by atoms with E-state index in [1.54, 1.807) is 0 Å². The van der Waals surface area contributed by atoms with E-state index in [0.717, 1.165) is 33.1 Å². The fourth-order valence-corrected chi connectivity index (χ4v) is 2.61. The molecule has 0 aliphatic carbocycles. The van der Waals surface area contributed by atoms with Crippen LogP contribution in [-0.2, 0) is 0 Å². The number of nitrogens with zero attached hydrogens (tertiary/aromatic N) is 2. The average Bonchev–Trinajstić information content (AvgIpc) is 2.58. The van der Waals surface area contributed by atoms with Crippen molar-refractivity contribution in [3.63, 3.8) is 0 Å². The Labute approximate surface area is 155 Å². The Balaban J connectivity index is 1.83. The van der Waals surface area contributed by atoms with Crippen molar-refractivity contribution < 1.29 is 4.74 Å². The molecule has 0 spiro atoms. The molecule has 6 heteroatoms. The van der Waals surface area contributed by atoms with Gasteiger partial charge in [0.15, 0.2) is 0 Å². The van der Waals surface area contributed by atoms with Gasteiger partial charge in [-0.2, -0.15) is 4.98 Å². The zero-order valence-corrected chi connectivity index (χ0v) is 15.7. The zero-order chi connectivity index (χ0) is 17.6. The molecule has 5 nitrogen and oxygen atoms in total. The summed E-state index contributed by atoms with van der Waals surface area (Å²) in [5.74, 6) is 2.02. The quantitative estimate of drug-likeness (QED) is 0.579. The van der Waals surface area contributed by atoms with Crippen LogP contribution in [0.4, 0.5) is 23.1 Å². The SMILES string of the molecule is CCOc1ccccc1Nc1nc(C)cc(Nc2ccc(Br)cc2)n1. The van der Waals surface area contributed by atoms with E-state index < -0.39 is 0 Å². The molecule has 0 bridgehead atoms. The molecule has 0 radical (unpaired) electrons. The first-order valence-corrected chi connectivity index (χ1v) is 8.80. The fourth-order valence-electron chi connectivity index (χ4n) is 2.34. The van der Waals surface area contributed by atoms with Crippen molar-refractivity contribution >= 4 is 39.1 Å². The molecule has 1 aromatic heterocycles. The number of benzene rings is 2. The first-order chi connectivity index (χ1) is 12.1. The Morgan fingerprint density at radius 2 is 1.76 bits per heavy atom. The van der Waals surface area contributed by atoms with Crippen molar-refractivity contribution in [2.24, 2.45) is 0 Å². The van der Waals surface area contributed by atoms with Crippen LogP contribution in [0.1, 0.15) is 12.6 Å². The summed E-state index contributed by atoms with van der Waals surface area (Å²) in [6.45, 7) is 4.50. The van der Waals surface area contributed by atoms with Crippen LogP contribution in [0.5, 0.6) is 5.75 Å². The number of rotatable bonds is 6. The van der Waals surface area contributed by atoms with E-state index in [4.69, 9.17) is 4.74 Å². The Kier molecular flexibility index (Phi) is 5.50. The van der Waals surface area contributed by atoms with Crippen molar-refractivity contribution in [3.05, 3.63) is 64.8 Å². The maximum atomic E-state index is 5.64. The Morgan fingerprint density at radius 3 is 2.52 bits per heavy atom. The zero-order valence-electron chi connectivity index (χ0n) is 14.1. The minimum atomic E-state index is 0.520. The second kappa shape index (κ2) is 7.98. The fraction of sp³-hybridized carbons (Fsp3) is 0.158. The highest BCUT2D eigenvalue weighted by Crippen LogP contribution is 2.27. The van der Waals surface area contributed by atoms with E-state index in [1.165, 1.54) is 0 Å². The molecular formula is C19H19BrN4O. The normalized spacial score (nSPS) is 10.4. The minimum Gasteiger partial charge on any atom is -0.492 e. The second-order valence-electron chi connectivity index (χ2n) is 5.40. The molecule has 25 heavy (non-hydrogen) atoms. The van der Waals surface area contributed by atoms with Gasteiger partial charge in [-0.05, 0) is 50.2 Å². The summed E-state index contributed by atoms with van der Waals surface area (Å²) in [6.07, 6.45) is 0. The largest absolute Gasteiger partial charge is 0.492 e. The number of aromatic nitrogens is 2. The van der Waals surface area contributed by atoms with E-state index in [2.05, 4.69) is 36.5 Å². The molecular weight excluding hydrogens is 380 g/mol. The summed E-state index contributed by atoms with van der Waals surface area (Å²) in [4.78, 5) is 9.01. The minimum absolute atomic E-state index is 0.520. The molecule has 0 aliphatic rings. The highest BCUT2D eigenvalue weighted by molar-refractivity contribution is 9.10. The number of hydrogen-bond acceptors (Lipinski definition) is 5. The number of para-hydroxylation sites is 2. The predicted molar refractivity (Wildman–Crippen MR) is 105 cm³/mol. The lowest BCUT2D eigenvalue weighted by Gasteiger charge is -2.13. The monoisotopic (exact) mass is 398 g/mol. The first kappa shape index (κ1) is 17.2. The molecule has 0 atom stereocenters. The summed E-state index contributed by atoms with van der Waals surface area (Å²) in [5, 5.41) is 6.53. The first-order valence-electron chi connectivity index (χ1n) is 8.01. The van der Waals surface area contributed by atoms with E-state index in [1.807, 2.05) is 68.4 Å². The van der Waals surface area contributed by atoms with Crippen LogP contribution in [0, 0.1) is 6.92 Å². The van der Waals surface area contributed by atoms with Gasteiger partial charge in [-0.3, -0.25) is 0 Å². The third-order valence-electron chi connectivity index (χ3n) is 3.40. The van der Waals surface area contributed by atoms with E-state index in [9.17, 15) is 0 Å². The van der Waals surface area contributed by atoms with Gasteiger partial charge < -0.3 is 15.4 Å². The third-order valence-corrected chi connectivity index (χ3v) is 3.93. The van der Waals surface area contributed by atoms with Crippen LogP contribution in [0.15, 0.2) is 59.1 Å². The van der Waals surface area contributed by atoms with Crippen LogP contribution in [0.3, 0.4) is 0 Å². The van der Waals surface area contributed by atoms with Gasteiger partial charge in [0, 0.05) is 21.9 Å². The maximum absolute atomic E-state index is 5.64. The summed E-state index contributed by atoms with van der Waals surface area (Å²) < 4.78 is 6.67. The molecule has 0 aliphatic heterocycles. The van der Waals surface area contributed by atoms with Gasteiger partial charge in [-0.15, -0.1) is 0 Å². The Morgan fingerprint density at radius 1 is 1.00 bits per heavy atom. The van der Waals surface area contributed by atoms with Crippen LogP contribution in [0.2, 0.25) is 0 Å². The Bertz CT molecular complexity index is 852. The lowest BCUT2D eigenvalue weighted by atomic mass is 10.3. The van der Waals surface area contributed by atoms with Gasteiger partial charge in [0.1, 0.15) is 11.6 Å². The van der Waals surface area contributed by atoms with Crippen molar-refractivity contribution in [2.75, 3.05) is 17.2 Å². The molecule has 0 saturated heterocycles. The predicted octanol–water partition coefficient (Wildman–Crippen LogP) is 5.43. The number of nitrogens with one attached hydrogen (secondary N) is 2. The van der Waals surface area contributed by atoms with Gasteiger partial charge in [0.05, 0.1) is 12.3 Å². The maximum Gasteiger partial charge on any atom is 0.229 e. The standard InChI is InChI=1S/C19H19BrN4O/c1-3-25-17-7-5-4-6-16(17)23-19-21-13(2)12-18(24-19)22-15-10-8-14(20)9-11-15/h4-12H,3H2,1-2H3,(H2,21,22,23,24). The average molecular weight is 399 g/mol. The van der Waals surface area contributed by atoms with Crippen LogP contribution in [0.25, 0.3) is 0 Å². The van der Waals surface area contributed by atoms with Crippen LogP contribution < -0.4 is 15.4 Å². The molecule has 0 fully saturated rings. The second-order valence-corrected chi connectivity index (χ2v) is 6.32. The molecule has 0 saturated carbocycles. The van der Waals surface area contributed by atoms with Gasteiger partial charge in [0.25, 0.3) is 0 Å². The molecule has 1 heterocycles. The van der Waals surface area contributed by atoms with Crippen LogP contribution in [-0.4, -0.2) is 16.6 Å². The molecule has 128 valence electrons. The molecule has 3 rings (SSSR count). The third kappa shape index (κ3) is 4.70. The Hall–Kier alpha value is -2.60. The van der Waals surface area contributed by atoms with Crippen molar-refractivity contribution in [2.45, 2.75) is 13.8 Å². The lowest BCUT2D eigenvalue weighted by molar-refractivity contribution is 0.342. The number of hydrogen-bond donors (Lipinski definition) is 2. The van der Waals surface area contributed by atoms with E-state index in [-0.39, 0.29) is 0 Å². The summed E-state index contributed by atoms with van der Waals surface area (Å²) >= 11 is 3.44. The van der Waals surface area contributed by atoms with Gasteiger partial charge >= 0.3 is 0 Å². The number of anilines is 4. The van der Waals surface area contributed by atoms with Crippen LogP contribution >= 0.6 is 15.9 Å². The van der Waals surface area contributed by atoms with Crippen molar-refractivity contribution in [3.8, 4) is 5.75 Å². The summed E-state index contributed by atoms with van der Waals surface area (Å²) in [6, 6.07) is 17.6. The van der Waals surface area contributed by atoms with E-state index >= 15 is 0 Å². The lowest BCUT2D eigenvalue weighted by Crippen LogP contribution is -2.04. The molecule has 0 amide bonds. The number of halogens is 1. The van der Waals surface area contributed by atoms with Gasteiger partial charge in [-0.1, -0.05) is 28.1 Å². The smallest absolute Gasteiger partial charge is 0.229 e. The van der Waals surface area contributed by atoms with E-state index in [0.29, 0.717) is 12.6 Å². The van der Waals surface area contributed by atoms with Crippen molar-refractivity contribution in [1.29, 1.82) is 0 Å². The molecule has 0 unspecified atom stereocenters. The molecule has 2 N–H and O–H groups in total. The summed E-state index contributed by atoms with van der Waals surface area (Å²) in [7, 11) is 0. The van der Waals surface area contributed by atoms with Crippen molar-refractivity contribution in [1.82, 2.24) is 9.97 Å². The molecule has 2 aromatic carbocycles. The highest BCUT2D eigenvalue weighted by atomic mass is 79.9. The summed E-state index contributed by atoms with van der Waals surface area (Å²) in [5.41, 5.74) is 2.66.